The Kier molecular flexibility index (Phi) is 2.23. The highest BCUT2D eigenvalue weighted by molar-refractivity contribution is 6.17. The first-order chi connectivity index (χ1) is 8.20. The van der Waals surface area contributed by atoms with E-state index in [1.165, 1.54) is 0 Å². The van der Waals surface area contributed by atoms with E-state index in [1.54, 1.807) is 24.3 Å². The van der Waals surface area contributed by atoms with Gasteiger partial charge in [-0.2, -0.15) is 0 Å². The molecule has 1 aromatic carbocycles. The summed E-state index contributed by atoms with van der Waals surface area (Å²) in [6.45, 7) is 0. The van der Waals surface area contributed by atoms with Crippen molar-refractivity contribution in [1.82, 2.24) is 0 Å². The fraction of sp³-hybridized carbons (Fsp3) is 0.286. The normalized spacial score (nSPS) is 23.5. The Bertz CT molecular complexity index is 554. The maximum atomic E-state index is 12.2. The summed E-state index contributed by atoms with van der Waals surface area (Å²) < 4.78 is 0. The molecule has 2 aliphatic carbocycles. The lowest BCUT2D eigenvalue weighted by Gasteiger charge is -2.28. The monoisotopic (exact) mass is 228 g/mol. The molecule has 0 amide bonds. The van der Waals surface area contributed by atoms with Crippen LogP contribution in [-0.2, 0) is 4.79 Å². The van der Waals surface area contributed by atoms with Crippen LogP contribution in [0.2, 0.25) is 0 Å². The van der Waals surface area contributed by atoms with Crippen molar-refractivity contribution in [3.8, 4) is 0 Å². The molecular weight excluding hydrogens is 216 g/mol. The highest BCUT2D eigenvalue weighted by Crippen LogP contribution is 2.39. The molecule has 17 heavy (non-hydrogen) atoms. The van der Waals surface area contributed by atoms with Crippen LogP contribution in [0.3, 0.4) is 0 Å². The van der Waals surface area contributed by atoms with Crippen LogP contribution in [0.15, 0.2) is 35.4 Å². The number of ketones is 2. The Hall–Kier alpha value is -1.74. The Morgan fingerprint density at radius 1 is 1.12 bits per heavy atom. The minimum Gasteiger partial charge on any atom is -0.383 e. The summed E-state index contributed by atoms with van der Waals surface area (Å²) in [6, 6.07) is 6.97. The second kappa shape index (κ2) is 3.64. The van der Waals surface area contributed by atoms with Crippen molar-refractivity contribution >= 4 is 11.6 Å². The van der Waals surface area contributed by atoms with Gasteiger partial charge in [0.1, 0.15) is 6.10 Å². The van der Waals surface area contributed by atoms with Crippen molar-refractivity contribution < 1.29 is 14.7 Å². The average molecular weight is 228 g/mol. The molecular formula is C14H12O3. The third-order valence-electron chi connectivity index (χ3n) is 3.50. The molecule has 3 rings (SSSR count). The molecule has 1 N–H and O–H groups in total. The Labute approximate surface area is 98.8 Å². The fourth-order valence-electron chi connectivity index (χ4n) is 2.68. The number of hydrogen-bond acceptors (Lipinski definition) is 3. The molecule has 1 atom stereocenters. The van der Waals surface area contributed by atoms with Crippen molar-refractivity contribution in [2.75, 3.05) is 0 Å². The zero-order valence-corrected chi connectivity index (χ0v) is 9.27. The van der Waals surface area contributed by atoms with Crippen LogP contribution in [0.4, 0.5) is 0 Å². The molecule has 0 radical (unpaired) electrons. The van der Waals surface area contributed by atoms with E-state index in [4.69, 9.17) is 0 Å². The van der Waals surface area contributed by atoms with E-state index in [0.29, 0.717) is 41.5 Å². The van der Waals surface area contributed by atoms with Crippen LogP contribution in [0.5, 0.6) is 0 Å². The van der Waals surface area contributed by atoms with Gasteiger partial charge in [-0.1, -0.05) is 24.3 Å². The largest absolute Gasteiger partial charge is 0.383 e. The number of carbonyl (C=O) groups excluding carboxylic acids is 2. The first-order valence-electron chi connectivity index (χ1n) is 5.78. The van der Waals surface area contributed by atoms with Gasteiger partial charge in [0.15, 0.2) is 11.6 Å². The van der Waals surface area contributed by atoms with Crippen molar-refractivity contribution in [2.45, 2.75) is 25.4 Å². The molecule has 2 aliphatic rings. The van der Waals surface area contributed by atoms with Crippen molar-refractivity contribution in [1.29, 1.82) is 0 Å². The predicted octanol–water partition coefficient (Wildman–Crippen LogP) is 1.97. The summed E-state index contributed by atoms with van der Waals surface area (Å²) in [5.74, 6) is -0.171. The molecule has 3 heteroatoms. The zero-order chi connectivity index (χ0) is 12.0. The van der Waals surface area contributed by atoms with Crippen LogP contribution in [0, 0.1) is 0 Å². The summed E-state index contributed by atoms with van der Waals surface area (Å²) in [7, 11) is 0. The number of aliphatic hydroxyl groups excluding tert-OH is 1. The summed E-state index contributed by atoms with van der Waals surface area (Å²) >= 11 is 0. The SMILES string of the molecule is O=C1CCCC2=C1C(O)c1ccccc1C2=O. The average Bonchev–Trinajstić information content (AvgIpc) is 2.36. The zero-order valence-electron chi connectivity index (χ0n) is 9.27. The lowest BCUT2D eigenvalue weighted by molar-refractivity contribution is -0.117. The maximum Gasteiger partial charge on any atom is 0.189 e. The standard InChI is InChI=1S/C14H12O3/c15-11-7-3-6-10-12(11)14(17)9-5-2-1-4-8(9)13(10)16/h1-2,4-5,14,17H,3,6-7H2. The second-order valence-electron chi connectivity index (χ2n) is 4.49. The second-order valence-corrected chi connectivity index (χ2v) is 4.49. The smallest absolute Gasteiger partial charge is 0.189 e. The molecule has 0 aromatic heterocycles. The van der Waals surface area contributed by atoms with Gasteiger partial charge in [-0.05, 0) is 18.4 Å². The Morgan fingerprint density at radius 2 is 1.88 bits per heavy atom. The van der Waals surface area contributed by atoms with Gasteiger partial charge in [-0.15, -0.1) is 0 Å². The van der Waals surface area contributed by atoms with Crippen molar-refractivity contribution in [2.24, 2.45) is 0 Å². The summed E-state index contributed by atoms with van der Waals surface area (Å²) in [4.78, 5) is 24.0. The number of benzene rings is 1. The molecule has 1 aromatic rings. The van der Waals surface area contributed by atoms with Crippen LogP contribution in [0.1, 0.15) is 41.3 Å². The topological polar surface area (TPSA) is 54.4 Å². The maximum absolute atomic E-state index is 12.2. The van der Waals surface area contributed by atoms with Crippen molar-refractivity contribution in [3.05, 3.63) is 46.5 Å². The molecule has 3 nitrogen and oxygen atoms in total. The third kappa shape index (κ3) is 1.39. The van der Waals surface area contributed by atoms with Gasteiger partial charge in [-0.3, -0.25) is 9.59 Å². The highest BCUT2D eigenvalue weighted by atomic mass is 16.3. The van der Waals surface area contributed by atoms with E-state index in [0.717, 1.165) is 0 Å². The Morgan fingerprint density at radius 3 is 2.71 bits per heavy atom. The highest BCUT2D eigenvalue weighted by Gasteiger charge is 2.36. The van der Waals surface area contributed by atoms with Crippen LogP contribution >= 0.6 is 0 Å². The number of rotatable bonds is 0. The number of Topliss-reactive ketones (excluding diaryl/α,β-unsaturated/α-hetero) is 2. The molecule has 0 aliphatic heterocycles. The van der Waals surface area contributed by atoms with Crippen LogP contribution < -0.4 is 0 Å². The van der Waals surface area contributed by atoms with E-state index in [9.17, 15) is 14.7 Å². The molecule has 0 spiro atoms. The minimum atomic E-state index is -0.924. The molecule has 86 valence electrons. The third-order valence-corrected chi connectivity index (χ3v) is 3.50. The molecule has 0 bridgehead atoms. The van der Waals surface area contributed by atoms with Crippen molar-refractivity contribution in [3.63, 3.8) is 0 Å². The predicted molar refractivity (Wildman–Crippen MR) is 61.6 cm³/mol. The van der Waals surface area contributed by atoms with Gasteiger partial charge in [0.25, 0.3) is 0 Å². The molecule has 1 unspecified atom stereocenters. The van der Waals surface area contributed by atoms with Gasteiger partial charge in [-0.25, -0.2) is 0 Å². The molecule has 0 saturated heterocycles. The lowest BCUT2D eigenvalue weighted by Crippen LogP contribution is -2.27. The molecule has 0 fully saturated rings. The lowest BCUT2D eigenvalue weighted by atomic mass is 9.76. The molecule has 0 heterocycles. The van der Waals surface area contributed by atoms with E-state index in [-0.39, 0.29) is 11.6 Å². The van der Waals surface area contributed by atoms with E-state index in [2.05, 4.69) is 0 Å². The van der Waals surface area contributed by atoms with Gasteiger partial charge in [0.05, 0.1) is 0 Å². The quantitative estimate of drug-likeness (QED) is 0.738. The Balaban J connectivity index is 2.23. The minimum absolute atomic E-state index is 0.0818. The number of fused-ring (bicyclic) bond motifs is 1. The van der Waals surface area contributed by atoms with Gasteiger partial charge >= 0.3 is 0 Å². The molecule has 0 saturated carbocycles. The number of carbonyl (C=O) groups is 2. The number of aliphatic hydroxyl groups is 1. The van der Waals surface area contributed by atoms with E-state index in [1.807, 2.05) is 0 Å². The number of allylic oxidation sites excluding steroid dienone is 1. The first kappa shape index (κ1) is 10.4. The summed E-state index contributed by atoms with van der Waals surface area (Å²) in [6.07, 6.45) is 0.821. The van der Waals surface area contributed by atoms with Gasteiger partial charge in [0.2, 0.25) is 0 Å². The van der Waals surface area contributed by atoms with Crippen LogP contribution in [-0.4, -0.2) is 16.7 Å². The summed E-state index contributed by atoms with van der Waals surface area (Å²) in [5, 5.41) is 10.2. The van der Waals surface area contributed by atoms with Gasteiger partial charge in [0, 0.05) is 23.1 Å². The van der Waals surface area contributed by atoms with E-state index < -0.39 is 6.10 Å². The fourth-order valence-corrected chi connectivity index (χ4v) is 2.68. The first-order valence-corrected chi connectivity index (χ1v) is 5.78. The van der Waals surface area contributed by atoms with E-state index >= 15 is 0 Å². The van der Waals surface area contributed by atoms with Gasteiger partial charge < -0.3 is 5.11 Å². The van der Waals surface area contributed by atoms with Crippen LogP contribution in [0.25, 0.3) is 0 Å². The number of hydrogen-bond donors (Lipinski definition) is 1. The summed E-state index contributed by atoms with van der Waals surface area (Å²) in [5.41, 5.74) is 1.95.